The molecule has 238 valence electrons. The van der Waals surface area contributed by atoms with Gasteiger partial charge in [-0.2, -0.15) is 0 Å². The number of phenolic OH excluding ortho intramolecular Hbond substituents is 1. The molecule has 1 N–H and O–H groups in total. The highest BCUT2D eigenvalue weighted by atomic mass is 79.9. The summed E-state index contributed by atoms with van der Waals surface area (Å²) in [5.41, 5.74) is 3.89. The van der Waals surface area contributed by atoms with Gasteiger partial charge in [0, 0.05) is 52.8 Å². The van der Waals surface area contributed by atoms with Gasteiger partial charge in [-0.3, -0.25) is 29.0 Å². The lowest BCUT2D eigenvalue weighted by Gasteiger charge is -2.42. The van der Waals surface area contributed by atoms with E-state index in [1.807, 2.05) is 24.3 Å². The van der Waals surface area contributed by atoms with Crippen molar-refractivity contribution in [2.75, 3.05) is 20.2 Å². The van der Waals surface area contributed by atoms with Crippen LogP contribution in [0.25, 0.3) is 0 Å². The lowest BCUT2D eigenvalue weighted by molar-refractivity contribution is -0.144. The molecule has 46 heavy (non-hydrogen) atoms. The zero-order chi connectivity index (χ0) is 32.4. The molecule has 0 spiro atoms. The minimum atomic E-state index is -0.658. The molecule has 3 aliphatic carbocycles. The third kappa shape index (κ3) is 4.95. The van der Waals surface area contributed by atoms with Crippen LogP contribution in [0.15, 0.2) is 79.8 Å². The van der Waals surface area contributed by atoms with Crippen molar-refractivity contribution in [3.8, 4) is 11.5 Å². The molecule has 10 heteroatoms. The molecule has 5 aliphatic rings. The molecule has 0 aromatic heterocycles. The van der Waals surface area contributed by atoms with Crippen molar-refractivity contribution in [1.82, 2.24) is 9.80 Å². The van der Waals surface area contributed by atoms with E-state index in [1.165, 1.54) is 18.7 Å². The van der Waals surface area contributed by atoms with Crippen LogP contribution >= 0.6 is 31.9 Å². The van der Waals surface area contributed by atoms with Crippen LogP contribution in [-0.2, 0) is 25.7 Å². The number of phenols is 1. The van der Waals surface area contributed by atoms with Crippen LogP contribution in [0.3, 0.4) is 0 Å². The van der Waals surface area contributed by atoms with E-state index >= 15 is 0 Å². The summed E-state index contributed by atoms with van der Waals surface area (Å²) in [5, 5.41) is 10.7. The Labute approximate surface area is 284 Å². The molecule has 0 bridgehead atoms. The van der Waals surface area contributed by atoms with Crippen LogP contribution in [0.4, 0.5) is 0 Å². The molecule has 2 saturated heterocycles. The van der Waals surface area contributed by atoms with Crippen LogP contribution in [0.1, 0.15) is 49.7 Å². The highest BCUT2D eigenvalue weighted by molar-refractivity contribution is 9.13. The molecule has 7 rings (SSSR count). The number of imide groups is 1. The number of carbonyl (C=O) groups excluding carboxylic acids is 4. The number of benzene rings is 2. The first-order chi connectivity index (χ1) is 22.1. The second kappa shape index (κ2) is 12.0. The number of allylic oxidation sites excluding steroid dienone is 6. The summed E-state index contributed by atoms with van der Waals surface area (Å²) in [6.07, 6.45) is 5.45. The second-order valence-corrected chi connectivity index (χ2v) is 14.5. The molecule has 2 aromatic carbocycles. The number of hydrogen-bond donors (Lipinski definition) is 1. The maximum absolute atomic E-state index is 14.4. The molecule has 2 amide bonds. The largest absolute Gasteiger partial charge is 0.503 e. The maximum Gasteiger partial charge on any atom is 0.233 e. The number of rotatable bonds is 5. The minimum Gasteiger partial charge on any atom is -0.503 e. The fourth-order valence-corrected chi connectivity index (χ4v) is 9.23. The zero-order valence-electron chi connectivity index (χ0n) is 25.6. The predicted molar refractivity (Wildman–Crippen MR) is 178 cm³/mol. The summed E-state index contributed by atoms with van der Waals surface area (Å²) in [4.78, 5) is 59.6. The van der Waals surface area contributed by atoms with Gasteiger partial charge in [0.1, 0.15) is 0 Å². The topological polar surface area (TPSA) is 104 Å². The number of carbonyl (C=O) groups is 4. The fourth-order valence-electron chi connectivity index (χ4n) is 8.28. The number of Topliss-reactive ketones (excluding diaryl/α,β-unsaturated/α-hetero) is 1. The van der Waals surface area contributed by atoms with E-state index in [9.17, 15) is 24.3 Å². The van der Waals surface area contributed by atoms with Gasteiger partial charge in [-0.15, -0.1) is 0 Å². The zero-order valence-corrected chi connectivity index (χ0v) is 28.8. The van der Waals surface area contributed by atoms with Gasteiger partial charge in [0.2, 0.25) is 11.8 Å². The lowest BCUT2D eigenvalue weighted by atomic mass is 9.59. The smallest absolute Gasteiger partial charge is 0.233 e. The third-order valence-corrected chi connectivity index (χ3v) is 12.6. The summed E-state index contributed by atoms with van der Waals surface area (Å²) in [6.45, 7) is 4.07. The van der Waals surface area contributed by atoms with Crippen molar-refractivity contribution in [2.45, 2.75) is 51.1 Å². The van der Waals surface area contributed by atoms with Crippen LogP contribution in [0.5, 0.6) is 11.5 Å². The Morgan fingerprint density at radius 1 is 0.978 bits per heavy atom. The Kier molecular flexibility index (Phi) is 8.18. The van der Waals surface area contributed by atoms with E-state index in [4.69, 9.17) is 4.74 Å². The third-order valence-electron chi connectivity index (χ3n) is 10.5. The van der Waals surface area contributed by atoms with Crippen molar-refractivity contribution in [3.63, 3.8) is 0 Å². The van der Waals surface area contributed by atoms with Crippen LogP contribution in [0.2, 0.25) is 0 Å². The van der Waals surface area contributed by atoms with E-state index in [1.54, 1.807) is 17.9 Å². The second-order valence-electron chi connectivity index (χ2n) is 12.9. The molecule has 0 saturated carbocycles. The summed E-state index contributed by atoms with van der Waals surface area (Å²) in [5.74, 6) is -2.82. The molecule has 4 unspecified atom stereocenters. The van der Waals surface area contributed by atoms with E-state index in [0.29, 0.717) is 37.6 Å². The molecule has 4 atom stereocenters. The number of nitrogens with zero attached hydrogens (tertiary/aromatic N) is 2. The number of amides is 2. The van der Waals surface area contributed by atoms with Gasteiger partial charge < -0.3 is 9.84 Å². The summed E-state index contributed by atoms with van der Waals surface area (Å²) < 4.78 is 6.35. The number of ketones is 2. The summed E-state index contributed by atoms with van der Waals surface area (Å²) in [6, 6.07) is 11.8. The van der Waals surface area contributed by atoms with Gasteiger partial charge in [-0.05, 0) is 93.7 Å². The Morgan fingerprint density at radius 2 is 1.70 bits per heavy atom. The first-order valence-electron chi connectivity index (χ1n) is 15.7. The van der Waals surface area contributed by atoms with E-state index < -0.39 is 23.7 Å². The molecule has 2 fully saturated rings. The number of fused-ring (bicyclic) bond motifs is 3. The highest BCUT2D eigenvalue weighted by Gasteiger charge is 2.57. The molecule has 2 aromatic rings. The number of ether oxygens (including phenoxy) is 1. The average molecular weight is 750 g/mol. The van der Waals surface area contributed by atoms with Crippen LogP contribution in [0, 0.1) is 17.8 Å². The molecule has 8 nitrogen and oxygen atoms in total. The van der Waals surface area contributed by atoms with Crippen molar-refractivity contribution < 1.29 is 29.0 Å². The van der Waals surface area contributed by atoms with E-state index in [0.717, 1.165) is 38.0 Å². The van der Waals surface area contributed by atoms with Gasteiger partial charge in [0.15, 0.2) is 23.1 Å². The first-order valence-corrected chi connectivity index (χ1v) is 17.3. The molecular formula is C36H34Br2N2O6. The fraction of sp³-hybridized carbons (Fsp3) is 0.389. The summed E-state index contributed by atoms with van der Waals surface area (Å²) in [7, 11) is 1.45. The Morgan fingerprint density at radius 3 is 2.39 bits per heavy atom. The monoisotopic (exact) mass is 748 g/mol. The average Bonchev–Trinajstić information content (AvgIpc) is 3.32. The number of likely N-dealkylation sites (tertiary alicyclic amines) is 2. The first kappa shape index (κ1) is 31.3. The van der Waals surface area contributed by atoms with Gasteiger partial charge in [0.25, 0.3) is 0 Å². The van der Waals surface area contributed by atoms with Gasteiger partial charge >= 0.3 is 0 Å². The van der Waals surface area contributed by atoms with E-state index in [-0.39, 0.29) is 47.3 Å². The molecule has 2 heterocycles. The Hall–Kier alpha value is -3.34. The van der Waals surface area contributed by atoms with Crippen molar-refractivity contribution >= 4 is 55.2 Å². The molecule has 2 aliphatic heterocycles. The minimum absolute atomic E-state index is 0.0961. The Balaban J connectivity index is 1.23. The molecular weight excluding hydrogens is 716 g/mol. The quantitative estimate of drug-likeness (QED) is 0.227. The van der Waals surface area contributed by atoms with Crippen molar-refractivity contribution in [2.24, 2.45) is 17.8 Å². The van der Waals surface area contributed by atoms with Crippen molar-refractivity contribution in [1.29, 1.82) is 0 Å². The van der Waals surface area contributed by atoms with Gasteiger partial charge in [0.05, 0.1) is 23.4 Å². The van der Waals surface area contributed by atoms with Crippen molar-refractivity contribution in [3.05, 3.63) is 90.9 Å². The standard InChI is InChI=1S/C36H34Br2N2O6/c1-18-14-26(41)30-25(33(18)42)15-23-21(28(30)24-16-27(46-2)34(43)32(38)31(24)37)8-9-22-29(23)36(45)40(35(22)44)20-10-12-39(13-11-20)17-19-6-4-3-5-7-19/h3-8,14,16,20,22-23,28-29,43H,9-13,15,17H2,1-2H3. The van der Waals surface area contributed by atoms with Gasteiger partial charge in [-0.25, -0.2) is 0 Å². The highest BCUT2D eigenvalue weighted by Crippen LogP contribution is 2.57. The van der Waals surface area contributed by atoms with Crippen LogP contribution in [-0.4, -0.2) is 64.5 Å². The maximum atomic E-state index is 14.4. The lowest BCUT2D eigenvalue weighted by Crippen LogP contribution is -2.47. The Bertz CT molecular complexity index is 1770. The number of methoxy groups -OCH3 is 1. The van der Waals surface area contributed by atoms with Crippen LogP contribution < -0.4 is 4.74 Å². The SMILES string of the molecule is COc1cc(C2C3=CCC4C(=O)N(C5CCN(Cc6ccccc6)CC5)C(=O)C4C3CC3=C2C(=O)C=C(C)C3=O)c(Br)c(Br)c1O. The van der Waals surface area contributed by atoms with E-state index in [2.05, 4.69) is 48.9 Å². The number of hydrogen-bond acceptors (Lipinski definition) is 7. The molecule has 0 radical (unpaired) electrons. The predicted octanol–water partition coefficient (Wildman–Crippen LogP) is 6.02. The summed E-state index contributed by atoms with van der Waals surface area (Å²) >= 11 is 7.07. The van der Waals surface area contributed by atoms with Gasteiger partial charge in [-0.1, -0.05) is 42.0 Å². The number of piperidine rings is 1. The normalized spacial score (nSPS) is 26.9. The number of aromatic hydroxyl groups is 1. The number of halogens is 2.